The summed E-state index contributed by atoms with van der Waals surface area (Å²) in [5, 5.41) is 1.69. The van der Waals surface area contributed by atoms with Crippen LogP contribution in [0.1, 0.15) is 18.4 Å². The van der Waals surface area contributed by atoms with Gasteiger partial charge in [-0.15, -0.1) is 0 Å². The number of amides is 1. The van der Waals surface area contributed by atoms with E-state index in [4.69, 9.17) is 0 Å². The van der Waals surface area contributed by atoms with E-state index in [1.165, 1.54) is 17.7 Å². The maximum Gasteiger partial charge on any atom is 0.471 e. The lowest BCUT2D eigenvalue weighted by Gasteiger charge is -2.16. The number of rotatable bonds is 1. The Labute approximate surface area is 106 Å². The molecular weight excluding hydrogens is 266 g/mol. The van der Waals surface area contributed by atoms with Gasteiger partial charge in [-0.25, -0.2) is 9.37 Å². The molecule has 0 fully saturated rings. The first kappa shape index (κ1) is 13.6. The third-order valence-electron chi connectivity index (χ3n) is 2.92. The first-order valence-electron chi connectivity index (χ1n) is 5.53. The molecule has 0 saturated carbocycles. The van der Waals surface area contributed by atoms with E-state index >= 15 is 0 Å². The quantitative estimate of drug-likeness (QED) is 0.802. The maximum atomic E-state index is 13.4. The van der Waals surface area contributed by atoms with Crippen LogP contribution in [-0.4, -0.2) is 21.6 Å². The van der Waals surface area contributed by atoms with Gasteiger partial charge in [-0.1, -0.05) is 6.92 Å². The number of carbonyl (C=O) groups is 1. The highest BCUT2D eigenvalue weighted by molar-refractivity contribution is 5.94. The van der Waals surface area contributed by atoms with E-state index in [-0.39, 0.29) is 29.7 Å². The number of alkyl halides is 3. The van der Waals surface area contributed by atoms with Crippen LogP contribution >= 0.6 is 0 Å². The van der Waals surface area contributed by atoms with Crippen LogP contribution in [0.5, 0.6) is 0 Å². The van der Waals surface area contributed by atoms with Crippen molar-refractivity contribution in [3.05, 3.63) is 17.3 Å². The van der Waals surface area contributed by atoms with Crippen LogP contribution in [-0.2, 0) is 11.2 Å². The highest BCUT2D eigenvalue weighted by atomic mass is 19.4. The summed E-state index contributed by atoms with van der Waals surface area (Å²) in [5.41, 5.74) is 0.259. The fraction of sp³-hybridized carbons (Fsp3) is 0.455. The van der Waals surface area contributed by atoms with Crippen molar-refractivity contribution in [2.75, 3.05) is 5.32 Å². The number of hydrogen-bond acceptors (Lipinski definition) is 2. The SMILES string of the molecule is Cc1c(NC(=O)C(F)(F)F)nc2n1C=C(F)C(C)C2. The Morgan fingerprint density at radius 3 is 2.74 bits per heavy atom. The number of allylic oxidation sites excluding steroid dienone is 1. The zero-order chi connectivity index (χ0) is 14.4. The van der Waals surface area contributed by atoms with Crippen LogP contribution in [0.4, 0.5) is 23.4 Å². The second kappa shape index (κ2) is 4.36. The average Bonchev–Trinajstić information content (AvgIpc) is 2.56. The third kappa shape index (κ3) is 2.47. The summed E-state index contributed by atoms with van der Waals surface area (Å²) in [7, 11) is 0. The molecule has 19 heavy (non-hydrogen) atoms. The van der Waals surface area contributed by atoms with Gasteiger partial charge in [0.2, 0.25) is 0 Å². The summed E-state index contributed by atoms with van der Waals surface area (Å²) in [5.74, 6) is -2.62. The number of carbonyl (C=O) groups excluding carboxylic acids is 1. The van der Waals surface area contributed by atoms with Crippen molar-refractivity contribution in [2.45, 2.75) is 26.4 Å². The van der Waals surface area contributed by atoms with Crippen molar-refractivity contribution in [3.8, 4) is 0 Å². The number of imidazole rings is 1. The molecule has 1 unspecified atom stereocenters. The monoisotopic (exact) mass is 277 g/mol. The topological polar surface area (TPSA) is 46.9 Å². The van der Waals surface area contributed by atoms with Crippen molar-refractivity contribution in [3.63, 3.8) is 0 Å². The Morgan fingerprint density at radius 1 is 1.53 bits per heavy atom. The number of anilines is 1. The lowest BCUT2D eigenvalue weighted by atomic mass is 10.0. The van der Waals surface area contributed by atoms with E-state index in [9.17, 15) is 22.4 Å². The standard InChI is InChI=1S/C11H11F4N3O/c1-5-3-8-16-9(17-10(19)11(13,14)15)6(2)18(8)4-7(5)12/h4-5H,3H2,1-2H3,(H,17,19). The molecule has 0 radical (unpaired) electrons. The van der Waals surface area contributed by atoms with Crippen LogP contribution in [0.15, 0.2) is 5.83 Å². The molecule has 0 saturated heterocycles. The maximum absolute atomic E-state index is 13.4. The van der Waals surface area contributed by atoms with Gasteiger partial charge in [0.15, 0.2) is 5.82 Å². The van der Waals surface area contributed by atoms with Crippen LogP contribution in [0.3, 0.4) is 0 Å². The van der Waals surface area contributed by atoms with Crippen molar-refractivity contribution < 1.29 is 22.4 Å². The first-order valence-corrected chi connectivity index (χ1v) is 5.53. The summed E-state index contributed by atoms with van der Waals surface area (Å²) < 4.78 is 51.3. The highest BCUT2D eigenvalue weighted by Gasteiger charge is 2.39. The summed E-state index contributed by atoms with van der Waals surface area (Å²) in [4.78, 5) is 14.8. The largest absolute Gasteiger partial charge is 0.471 e. The number of halogens is 4. The predicted molar refractivity (Wildman–Crippen MR) is 59.9 cm³/mol. The second-order valence-electron chi connectivity index (χ2n) is 4.40. The van der Waals surface area contributed by atoms with Crippen LogP contribution < -0.4 is 5.32 Å². The molecule has 1 atom stereocenters. The molecule has 1 aromatic heterocycles. The molecule has 4 nitrogen and oxygen atoms in total. The molecule has 104 valence electrons. The van der Waals surface area contributed by atoms with Crippen LogP contribution in [0.2, 0.25) is 0 Å². The van der Waals surface area contributed by atoms with Gasteiger partial charge in [0.05, 0.1) is 5.69 Å². The minimum Gasteiger partial charge on any atom is -0.303 e. The fourth-order valence-corrected chi connectivity index (χ4v) is 1.81. The van der Waals surface area contributed by atoms with Gasteiger partial charge in [-0.2, -0.15) is 13.2 Å². The summed E-state index contributed by atoms with van der Waals surface area (Å²) in [6.07, 6.45) is -3.54. The lowest BCUT2D eigenvalue weighted by molar-refractivity contribution is -0.167. The van der Waals surface area contributed by atoms with Gasteiger partial charge >= 0.3 is 12.1 Å². The molecule has 1 aromatic rings. The summed E-state index contributed by atoms with van der Waals surface area (Å²) in [6, 6.07) is 0. The molecule has 2 heterocycles. The lowest BCUT2D eigenvalue weighted by Crippen LogP contribution is -2.30. The molecule has 2 rings (SSSR count). The van der Waals surface area contributed by atoms with E-state index in [2.05, 4.69) is 4.98 Å². The molecule has 0 bridgehead atoms. The zero-order valence-corrected chi connectivity index (χ0v) is 10.2. The number of nitrogens with zero attached hydrogens (tertiary/aromatic N) is 2. The Hall–Kier alpha value is -1.86. The van der Waals surface area contributed by atoms with Crippen molar-refractivity contribution >= 4 is 17.9 Å². The number of hydrogen-bond donors (Lipinski definition) is 1. The number of fused-ring (bicyclic) bond motifs is 1. The van der Waals surface area contributed by atoms with Crippen molar-refractivity contribution in [2.24, 2.45) is 5.92 Å². The predicted octanol–water partition coefficient (Wildman–Crippen LogP) is 2.65. The van der Waals surface area contributed by atoms with Crippen molar-refractivity contribution in [1.82, 2.24) is 9.55 Å². The normalized spacial score (nSPS) is 18.8. The van der Waals surface area contributed by atoms with Gasteiger partial charge < -0.3 is 9.88 Å². The highest BCUT2D eigenvalue weighted by Crippen LogP contribution is 2.29. The number of aromatic nitrogens is 2. The Morgan fingerprint density at radius 2 is 2.16 bits per heavy atom. The molecule has 0 aromatic carbocycles. The summed E-state index contributed by atoms with van der Waals surface area (Å²) in [6.45, 7) is 3.11. The fourth-order valence-electron chi connectivity index (χ4n) is 1.81. The van der Waals surface area contributed by atoms with E-state index in [0.717, 1.165) is 0 Å². The van der Waals surface area contributed by atoms with Crippen LogP contribution in [0.25, 0.3) is 6.20 Å². The van der Waals surface area contributed by atoms with Crippen LogP contribution in [0, 0.1) is 12.8 Å². The van der Waals surface area contributed by atoms with Gasteiger partial charge in [0.25, 0.3) is 0 Å². The molecule has 8 heteroatoms. The molecule has 1 N–H and O–H groups in total. The van der Waals surface area contributed by atoms with E-state index < -0.39 is 12.1 Å². The minimum absolute atomic E-state index is 0.199. The Balaban J connectivity index is 2.32. The Bertz CT molecular complexity index is 559. The summed E-state index contributed by atoms with van der Waals surface area (Å²) >= 11 is 0. The second-order valence-corrected chi connectivity index (χ2v) is 4.40. The van der Waals surface area contributed by atoms with Gasteiger partial charge in [0.1, 0.15) is 11.7 Å². The first-order chi connectivity index (χ1) is 8.70. The van der Waals surface area contributed by atoms with E-state index in [0.29, 0.717) is 5.82 Å². The van der Waals surface area contributed by atoms with Gasteiger partial charge in [-0.3, -0.25) is 4.79 Å². The molecule has 1 amide bonds. The molecule has 0 spiro atoms. The molecule has 0 aliphatic carbocycles. The van der Waals surface area contributed by atoms with E-state index in [1.807, 2.05) is 0 Å². The zero-order valence-electron chi connectivity index (χ0n) is 10.2. The minimum atomic E-state index is -4.98. The molecular formula is C11H11F4N3O. The van der Waals surface area contributed by atoms with E-state index in [1.54, 1.807) is 12.2 Å². The Kier molecular flexibility index (Phi) is 3.11. The third-order valence-corrected chi connectivity index (χ3v) is 2.92. The van der Waals surface area contributed by atoms with Gasteiger partial charge in [-0.05, 0) is 6.92 Å². The molecule has 1 aliphatic rings. The number of nitrogens with one attached hydrogen (secondary N) is 1. The molecule has 1 aliphatic heterocycles. The van der Waals surface area contributed by atoms with Gasteiger partial charge in [0, 0.05) is 18.5 Å². The smallest absolute Gasteiger partial charge is 0.303 e. The van der Waals surface area contributed by atoms with Crippen molar-refractivity contribution in [1.29, 1.82) is 0 Å². The average molecular weight is 277 g/mol.